The first-order valence-corrected chi connectivity index (χ1v) is 4.01. The van der Waals surface area contributed by atoms with Crippen molar-refractivity contribution in [3.8, 4) is 6.07 Å². The van der Waals surface area contributed by atoms with Crippen molar-refractivity contribution >= 4 is 8.25 Å². The summed E-state index contributed by atoms with van der Waals surface area (Å²) in [5.41, 5.74) is -0.678. The Morgan fingerprint density at radius 3 is 2.60 bits per heavy atom. The maximum Gasteiger partial charge on any atom is 0.316 e. The Morgan fingerprint density at radius 2 is 2.30 bits per heavy atom. The van der Waals surface area contributed by atoms with Gasteiger partial charge in [-0.1, -0.05) is 0 Å². The van der Waals surface area contributed by atoms with E-state index < -0.39 is 13.7 Å². The summed E-state index contributed by atoms with van der Waals surface area (Å²) < 4.78 is 14.4. The third-order valence-corrected chi connectivity index (χ3v) is 1.25. The van der Waals surface area contributed by atoms with Crippen LogP contribution in [0.3, 0.4) is 0 Å². The van der Waals surface area contributed by atoms with Gasteiger partial charge in [0.25, 0.3) is 0 Å². The van der Waals surface area contributed by atoms with Gasteiger partial charge in [-0.05, 0) is 13.8 Å². The highest BCUT2D eigenvalue weighted by molar-refractivity contribution is 7.32. The number of nitriles is 1. The van der Waals surface area contributed by atoms with Gasteiger partial charge in [0.15, 0.2) is 0 Å². The first-order chi connectivity index (χ1) is 4.48. The van der Waals surface area contributed by atoms with E-state index >= 15 is 0 Å². The van der Waals surface area contributed by atoms with E-state index in [-0.39, 0.29) is 6.61 Å². The molecule has 4 nitrogen and oxygen atoms in total. The number of hydrogen-bond acceptors (Lipinski definition) is 3. The Morgan fingerprint density at radius 1 is 1.80 bits per heavy atom. The van der Waals surface area contributed by atoms with Crippen LogP contribution >= 0.6 is 8.25 Å². The molecule has 0 fully saturated rings. The van der Waals surface area contributed by atoms with Crippen LogP contribution in [0.2, 0.25) is 0 Å². The Hall–Kier alpha value is -0.360. The largest absolute Gasteiger partial charge is 0.326 e. The van der Waals surface area contributed by atoms with Crippen LogP contribution in [0, 0.1) is 16.7 Å². The maximum atomic E-state index is 10.0. The minimum atomic E-state index is -2.88. The second kappa shape index (κ2) is 3.72. The zero-order chi connectivity index (χ0) is 8.20. The molecule has 0 amide bonds. The first kappa shape index (κ1) is 9.64. The van der Waals surface area contributed by atoms with E-state index in [0.717, 1.165) is 0 Å². The molecule has 1 unspecified atom stereocenters. The van der Waals surface area contributed by atoms with E-state index in [9.17, 15) is 4.57 Å². The van der Waals surface area contributed by atoms with Gasteiger partial charge < -0.3 is 9.42 Å². The summed E-state index contributed by atoms with van der Waals surface area (Å²) in [4.78, 5) is 8.23. The van der Waals surface area contributed by atoms with E-state index in [0.29, 0.717) is 0 Å². The smallest absolute Gasteiger partial charge is 0.316 e. The number of hydrogen-bond donors (Lipinski definition) is 1. The highest BCUT2D eigenvalue weighted by Gasteiger charge is 2.17. The molecule has 0 saturated heterocycles. The lowest BCUT2D eigenvalue weighted by Crippen LogP contribution is -2.14. The molecule has 0 rings (SSSR count). The fourth-order valence-corrected chi connectivity index (χ4v) is 0.759. The predicted octanol–water partition coefficient (Wildman–Crippen LogP) is 0.935. The molecule has 5 heteroatoms. The normalized spacial score (nSPS) is 14.2. The summed E-state index contributed by atoms with van der Waals surface area (Å²) in [6, 6.07) is 1.94. The van der Waals surface area contributed by atoms with Crippen LogP contribution < -0.4 is 0 Å². The van der Waals surface area contributed by atoms with Crippen LogP contribution in [0.1, 0.15) is 13.8 Å². The lowest BCUT2D eigenvalue weighted by Gasteiger charge is -2.12. The molecule has 0 aromatic heterocycles. The summed E-state index contributed by atoms with van der Waals surface area (Å²) in [5, 5.41) is 8.40. The van der Waals surface area contributed by atoms with Crippen molar-refractivity contribution in [3.05, 3.63) is 0 Å². The molecule has 0 bridgehead atoms. The van der Waals surface area contributed by atoms with Crippen molar-refractivity contribution in [2.24, 2.45) is 5.41 Å². The maximum absolute atomic E-state index is 10.0. The minimum absolute atomic E-state index is 0.00219. The zero-order valence-electron chi connectivity index (χ0n) is 5.92. The molecule has 0 spiro atoms. The van der Waals surface area contributed by atoms with Gasteiger partial charge in [-0.15, -0.1) is 0 Å². The predicted molar refractivity (Wildman–Crippen MR) is 36.6 cm³/mol. The molecular formula is C5H10NO3P. The van der Waals surface area contributed by atoms with Gasteiger partial charge in [-0.25, -0.2) is 0 Å². The van der Waals surface area contributed by atoms with Crippen molar-refractivity contribution in [1.29, 1.82) is 5.26 Å². The lowest BCUT2D eigenvalue weighted by molar-refractivity contribution is 0.212. The molecule has 10 heavy (non-hydrogen) atoms. The SMILES string of the molecule is CC(C)(C#N)CO[PH](=O)O. The molecule has 0 aromatic carbocycles. The Bertz CT molecular complexity index is 172. The fourth-order valence-electron chi connectivity index (χ4n) is 0.274. The number of rotatable bonds is 3. The summed E-state index contributed by atoms with van der Waals surface area (Å²) >= 11 is 0. The van der Waals surface area contributed by atoms with Gasteiger partial charge in [-0.2, -0.15) is 5.26 Å². The van der Waals surface area contributed by atoms with Crippen molar-refractivity contribution in [2.75, 3.05) is 6.61 Å². The highest BCUT2D eigenvalue weighted by Crippen LogP contribution is 2.22. The molecule has 0 saturated carbocycles. The summed E-state index contributed by atoms with van der Waals surface area (Å²) in [7, 11) is -2.88. The van der Waals surface area contributed by atoms with Crippen LogP contribution in [-0.2, 0) is 9.09 Å². The third-order valence-electron chi connectivity index (χ3n) is 0.859. The van der Waals surface area contributed by atoms with Gasteiger partial charge in [-0.3, -0.25) is 4.57 Å². The molecular weight excluding hydrogens is 153 g/mol. The first-order valence-electron chi connectivity index (χ1n) is 2.75. The minimum Gasteiger partial charge on any atom is -0.326 e. The molecule has 0 aromatic rings. The topological polar surface area (TPSA) is 70.3 Å². The average Bonchev–Trinajstić information content (AvgIpc) is 1.85. The standard InChI is InChI=1S/C5H10NO3P/c1-5(2,3-6)4-9-10(7)8/h10H,4H2,1-2H3,(H,7,8). The van der Waals surface area contributed by atoms with Crippen LogP contribution in [-0.4, -0.2) is 11.5 Å². The van der Waals surface area contributed by atoms with Gasteiger partial charge in [0, 0.05) is 0 Å². The van der Waals surface area contributed by atoms with Crippen molar-refractivity contribution in [1.82, 2.24) is 0 Å². The third kappa shape index (κ3) is 4.51. The van der Waals surface area contributed by atoms with E-state index in [1.807, 2.05) is 6.07 Å². The van der Waals surface area contributed by atoms with E-state index in [1.54, 1.807) is 13.8 Å². The molecule has 0 aliphatic rings. The molecule has 0 radical (unpaired) electrons. The van der Waals surface area contributed by atoms with Crippen molar-refractivity contribution in [2.45, 2.75) is 13.8 Å². The molecule has 0 aliphatic heterocycles. The summed E-state index contributed by atoms with van der Waals surface area (Å²) in [6.45, 7) is 3.27. The highest BCUT2D eigenvalue weighted by atomic mass is 31.1. The van der Waals surface area contributed by atoms with Crippen LogP contribution in [0.4, 0.5) is 0 Å². The summed E-state index contributed by atoms with van der Waals surface area (Å²) in [6.07, 6.45) is 0. The van der Waals surface area contributed by atoms with Crippen LogP contribution in [0.15, 0.2) is 0 Å². The fraction of sp³-hybridized carbons (Fsp3) is 0.800. The van der Waals surface area contributed by atoms with E-state index in [1.165, 1.54) is 0 Å². The van der Waals surface area contributed by atoms with Crippen LogP contribution in [0.5, 0.6) is 0 Å². The van der Waals surface area contributed by atoms with Gasteiger partial charge in [0.05, 0.1) is 18.1 Å². The average molecular weight is 163 g/mol. The monoisotopic (exact) mass is 163 g/mol. The molecule has 1 N–H and O–H groups in total. The second-order valence-corrected chi connectivity index (χ2v) is 3.37. The lowest BCUT2D eigenvalue weighted by atomic mass is 9.98. The van der Waals surface area contributed by atoms with Crippen molar-refractivity contribution < 1.29 is 14.0 Å². The molecule has 0 heterocycles. The quantitative estimate of drug-likeness (QED) is 0.628. The van der Waals surface area contributed by atoms with E-state index in [4.69, 9.17) is 10.2 Å². The van der Waals surface area contributed by atoms with Gasteiger partial charge in [0.1, 0.15) is 0 Å². The Balaban J connectivity index is 3.71. The van der Waals surface area contributed by atoms with Crippen molar-refractivity contribution in [3.63, 3.8) is 0 Å². The van der Waals surface area contributed by atoms with E-state index in [2.05, 4.69) is 4.52 Å². The molecule has 1 atom stereocenters. The molecule has 0 aliphatic carbocycles. The van der Waals surface area contributed by atoms with Gasteiger partial charge >= 0.3 is 8.25 Å². The van der Waals surface area contributed by atoms with Gasteiger partial charge in [0.2, 0.25) is 0 Å². The van der Waals surface area contributed by atoms with Crippen LogP contribution in [0.25, 0.3) is 0 Å². The zero-order valence-corrected chi connectivity index (χ0v) is 6.92. The summed E-state index contributed by atoms with van der Waals surface area (Å²) in [5.74, 6) is 0. The second-order valence-electron chi connectivity index (χ2n) is 2.55. The Kier molecular flexibility index (Phi) is 3.59. The molecule has 58 valence electrons. The number of nitrogens with zero attached hydrogens (tertiary/aromatic N) is 1. The Labute approximate surface area is 60.4 Å².